The van der Waals surface area contributed by atoms with E-state index in [9.17, 15) is 0 Å². The molecule has 0 aliphatic carbocycles. The minimum Gasteiger partial charge on any atom is -0.381 e. The van der Waals surface area contributed by atoms with Crippen molar-refractivity contribution in [2.75, 3.05) is 5.32 Å². The van der Waals surface area contributed by atoms with E-state index in [-0.39, 0.29) is 0 Å². The lowest BCUT2D eigenvalue weighted by molar-refractivity contribution is 1.15. The molecule has 0 radical (unpaired) electrons. The average Bonchev–Trinajstić information content (AvgIpc) is 2.28. The van der Waals surface area contributed by atoms with Gasteiger partial charge >= 0.3 is 0 Å². The number of hydrogen-bond donors (Lipinski definition) is 1. The van der Waals surface area contributed by atoms with Crippen LogP contribution in [0.15, 0.2) is 42.5 Å². The van der Waals surface area contributed by atoms with E-state index in [0.717, 1.165) is 11.3 Å². The van der Waals surface area contributed by atoms with Crippen LogP contribution in [0.5, 0.6) is 0 Å². The van der Waals surface area contributed by atoms with Gasteiger partial charge < -0.3 is 5.32 Å². The Kier molecular flexibility index (Phi) is 3.93. The van der Waals surface area contributed by atoms with Crippen molar-refractivity contribution >= 4 is 28.9 Å². The first-order chi connectivity index (χ1) is 8.16. The third-order valence-corrected chi connectivity index (χ3v) is 3.26. The molecule has 0 unspecified atom stereocenters. The van der Waals surface area contributed by atoms with Crippen LogP contribution < -0.4 is 5.32 Å². The Balaban J connectivity index is 2.13. The third-order valence-electron chi connectivity index (χ3n) is 2.55. The highest BCUT2D eigenvalue weighted by atomic mass is 35.5. The van der Waals surface area contributed by atoms with Crippen LogP contribution in [0.25, 0.3) is 0 Å². The number of rotatable bonds is 3. The van der Waals surface area contributed by atoms with E-state index in [2.05, 4.69) is 24.4 Å². The summed E-state index contributed by atoms with van der Waals surface area (Å²) in [6.07, 6.45) is 0. The van der Waals surface area contributed by atoms with Crippen LogP contribution in [0.3, 0.4) is 0 Å². The summed E-state index contributed by atoms with van der Waals surface area (Å²) < 4.78 is 0. The summed E-state index contributed by atoms with van der Waals surface area (Å²) in [5, 5.41) is 4.70. The first kappa shape index (κ1) is 12.3. The molecule has 0 saturated carbocycles. The minimum atomic E-state index is 0.627. The molecule has 0 saturated heterocycles. The fraction of sp³-hybridized carbons (Fsp3) is 0.143. The second-order valence-electron chi connectivity index (χ2n) is 3.92. The Morgan fingerprint density at radius 2 is 1.65 bits per heavy atom. The fourth-order valence-corrected chi connectivity index (χ4v) is 2.18. The SMILES string of the molecule is Cc1cccc(NCc2c(Cl)cccc2Cl)c1. The van der Waals surface area contributed by atoms with Crippen molar-refractivity contribution in [1.29, 1.82) is 0 Å². The van der Waals surface area contributed by atoms with Crippen LogP contribution in [-0.4, -0.2) is 0 Å². The van der Waals surface area contributed by atoms with Gasteiger partial charge in [0.2, 0.25) is 0 Å². The van der Waals surface area contributed by atoms with E-state index in [1.165, 1.54) is 5.56 Å². The first-order valence-corrected chi connectivity index (χ1v) is 6.16. The van der Waals surface area contributed by atoms with Crippen molar-refractivity contribution in [3.8, 4) is 0 Å². The van der Waals surface area contributed by atoms with Crippen molar-refractivity contribution in [1.82, 2.24) is 0 Å². The zero-order valence-corrected chi connectivity index (χ0v) is 11.0. The fourth-order valence-electron chi connectivity index (χ4n) is 1.65. The van der Waals surface area contributed by atoms with Gasteiger partial charge in [-0.1, -0.05) is 41.4 Å². The molecular formula is C14H13Cl2N. The molecule has 0 bridgehead atoms. The Morgan fingerprint density at radius 1 is 1.00 bits per heavy atom. The highest BCUT2D eigenvalue weighted by molar-refractivity contribution is 6.36. The highest BCUT2D eigenvalue weighted by Gasteiger charge is 2.04. The van der Waals surface area contributed by atoms with Crippen LogP contribution in [0.4, 0.5) is 5.69 Å². The first-order valence-electron chi connectivity index (χ1n) is 5.40. The monoisotopic (exact) mass is 265 g/mol. The van der Waals surface area contributed by atoms with Crippen molar-refractivity contribution < 1.29 is 0 Å². The number of aryl methyl sites for hydroxylation is 1. The number of benzene rings is 2. The normalized spacial score (nSPS) is 10.3. The van der Waals surface area contributed by atoms with Gasteiger partial charge in [-0.15, -0.1) is 0 Å². The molecule has 88 valence electrons. The molecule has 0 aromatic heterocycles. The lowest BCUT2D eigenvalue weighted by atomic mass is 10.2. The maximum atomic E-state index is 6.10. The zero-order valence-electron chi connectivity index (χ0n) is 9.50. The molecule has 17 heavy (non-hydrogen) atoms. The highest BCUT2D eigenvalue weighted by Crippen LogP contribution is 2.25. The molecule has 0 aliphatic rings. The Hall–Kier alpha value is -1.18. The number of halogens is 2. The second kappa shape index (κ2) is 5.44. The predicted octanol–water partition coefficient (Wildman–Crippen LogP) is 4.91. The second-order valence-corrected chi connectivity index (χ2v) is 4.74. The van der Waals surface area contributed by atoms with Crippen LogP contribution in [0.1, 0.15) is 11.1 Å². The van der Waals surface area contributed by atoms with Crippen LogP contribution in [0, 0.1) is 6.92 Å². The largest absolute Gasteiger partial charge is 0.381 e. The molecule has 2 aromatic carbocycles. The summed E-state index contributed by atoms with van der Waals surface area (Å²) in [7, 11) is 0. The van der Waals surface area contributed by atoms with Gasteiger partial charge in [-0.05, 0) is 36.8 Å². The number of nitrogens with one attached hydrogen (secondary N) is 1. The molecule has 3 heteroatoms. The molecule has 0 spiro atoms. The summed E-state index contributed by atoms with van der Waals surface area (Å²) in [6, 6.07) is 13.7. The summed E-state index contributed by atoms with van der Waals surface area (Å²) in [5.74, 6) is 0. The lowest BCUT2D eigenvalue weighted by Gasteiger charge is -2.10. The van der Waals surface area contributed by atoms with Crippen molar-refractivity contribution in [3.63, 3.8) is 0 Å². The van der Waals surface area contributed by atoms with E-state index in [1.807, 2.05) is 30.3 Å². The molecule has 1 nitrogen and oxygen atoms in total. The van der Waals surface area contributed by atoms with Gasteiger partial charge in [-0.25, -0.2) is 0 Å². The van der Waals surface area contributed by atoms with E-state index in [4.69, 9.17) is 23.2 Å². The summed E-state index contributed by atoms with van der Waals surface area (Å²) in [6.45, 7) is 2.69. The van der Waals surface area contributed by atoms with Gasteiger partial charge in [0.1, 0.15) is 0 Å². The average molecular weight is 266 g/mol. The molecule has 1 N–H and O–H groups in total. The molecule has 2 rings (SSSR count). The molecule has 2 aromatic rings. The van der Waals surface area contributed by atoms with Gasteiger partial charge in [0, 0.05) is 27.8 Å². The summed E-state index contributed by atoms with van der Waals surface area (Å²) in [5.41, 5.74) is 3.22. The van der Waals surface area contributed by atoms with Gasteiger partial charge in [-0.3, -0.25) is 0 Å². The van der Waals surface area contributed by atoms with Crippen LogP contribution in [-0.2, 0) is 6.54 Å². The van der Waals surface area contributed by atoms with Gasteiger partial charge in [0.05, 0.1) is 0 Å². The van der Waals surface area contributed by atoms with Crippen molar-refractivity contribution in [3.05, 3.63) is 63.6 Å². The van der Waals surface area contributed by atoms with E-state index in [0.29, 0.717) is 16.6 Å². The summed E-state index contributed by atoms with van der Waals surface area (Å²) in [4.78, 5) is 0. The Labute approximate surface area is 111 Å². The standard InChI is InChI=1S/C14H13Cl2N/c1-10-4-2-5-11(8-10)17-9-12-13(15)6-3-7-14(12)16/h2-8,17H,9H2,1H3. The van der Waals surface area contributed by atoms with Gasteiger partial charge in [0.25, 0.3) is 0 Å². The van der Waals surface area contributed by atoms with E-state index < -0.39 is 0 Å². The topological polar surface area (TPSA) is 12.0 Å². The number of hydrogen-bond acceptors (Lipinski definition) is 1. The molecular weight excluding hydrogens is 253 g/mol. The summed E-state index contributed by atoms with van der Waals surface area (Å²) >= 11 is 12.2. The molecule has 0 fully saturated rings. The van der Waals surface area contributed by atoms with E-state index in [1.54, 1.807) is 0 Å². The van der Waals surface area contributed by atoms with Crippen molar-refractivity contribution in [2.45, 2.75) is 13.5 Å². The Morgan fingerprint density at radius 3 is 2.29 bits per heavy atom. The Bertz CT molecular complexity index is 503. The van der Waals surface area contributed by atoms with Crippen molar-refractivity contribution in [2.24, 2.45) is 0 Å². The van der Waals surface area contributed by atoms with E-state index >= 15 is 0 Å². The van der Waals surface area contributed by atoms with Crippen LogP contribution >= 0.6 is 23.2 Å². The van der Waals surface area contributed by atoms with Gasteiger partial charge in [-0.2, -0.15) is 0 Å². The lowest BCUT2D eigenvalue weighted by Crippen LogP contribution is -2.00. The van der Waals surface area contributed by atoms with Gasteiger partial charge in [0.15, 0.2) is 0 Å². The molecule has 0 amide bonds. The molecule has 0 aliphatic heterocycles. The zero-order chi connectivity index (χ0) is 12.3. The maximum Gasteiger partial charge on any atom is 0.0470 e. The quantitative estimate of drug-likeness (QED) is 0.831. The minimum absolute atomic E-state index is 0.627. The number of anilines is 1. The molecule has 0 atom stereocenters. The maximum absolute atomic E-state index is 6.10. The third kappa shape index (κ3) is 3.15. The molecule has 0 heterocycles. The predicted molar refractivity (Wildman–Crippen MR) is 75.0 cm³/mol. The van der Waals surface area contributed by atoms with Crippen LogP contribution in [0.2, 0.25) is 10.0 Å². The smallest absolute Gasteiger partial charge is 0.0470 e.